The first-order valence-corrected chi connectivity index (χ1v) is 11.2. The highest BCUT2D eigenvalue weighted by atomic mass is 16.5. The van der Waals surface area contributed by atoms with Gasteiger partial charge in [0.15, 0.2) is 24.1 Å². The molecule has 2 amide bonds. The van der Waals surface area contributed by atoms with Gasteiger partial charge in [0.25, 0.3) is 0 Å². The summed E-state index contributed by atoms with van der Waals surface area (Å²) in [4.78, 5) is 42.0. The van der Waals surface area contributed by atoms with Crippen LogP contribution in [0.2, 0.25) is 0 Å². The third kappa shape index (κ3) is 3.68. The molecule has 3 heterocycles. The summed E-state index contributed by atoms with van der Waals surface area (Å²) < 4.78 is 5.44. The minimum absolute atomic E-state index is 0.218. The van der Waals surface area contributed by atoms with E-state index in [-0.39, 0.29) is 6.03 Å². The normalized spacial score (nSPS) is 17.5. The van der Waals surface area contributed by atoms with E-state index in [1.807, 2.05) is 42.5 Å². The van der Waals surface area contributed by atoms with Crippen LogP contribution >= 0.6 is 0 Å². The Balaban J connectivity index is 1.40. The largest absolute Gasteiger partial charge is 0.496 e. The molecule has 2 aliphatic heterocycles. The van der Waals surface area contributed by atoms with Crippen LogP contribution in [-0.2, 0) is 4.79 Å². The van der Waals surface area contributed by atoms with Gasteiger partial charge in [-0.15, -0.1) is 0 Å². The standard InChI is InChI=1S/C25H26N6O3/c1-28-22(17-32)31(25(33)30-14-12-29(13-15-30)18-8-4-3-5-9-18)20-16-26-23(27-24(20)28)19-10-6-7-11-21(19)34-2/h3-11,16-17,22H,12-15H2,1-2H3. The molecule has 1 aromatic heterocycles. The Hall–Kier alpha value is -4.14. The minimum Gasteiger partial charge on any atom is -0.496 e. The number of benzene rings is 2. The Morgan fingerprint density at radius 3 is 2.44 bits per heavy atom. The van der Waals surface area contributed by atoms with Gasteiger partial charge in [0.2, 0.25) is 0 Å². The van der Waals surface area contributed by atoms with Crippen LogP contribution in [0.15, 0.2) is 60.8 Å². The van der Waals surface area contributed by atoms with Gasteiger partial charge >= 0.3 is 6.03 Å². The number of likely N-dealkylation sites (N-methyl/N-ethyl adjacent to an activating group) is 1. The molecule has 2 aliphatic rings. The second-order valence-corrected chi connectivity index (χ2v) is 8.23. The number of rotatable bonds is 4. The van der Waals surface area contributed by atoms with Crippen LogP contribution in [0.1, 0.15) is 0 Å². The number of hydrogen-bond donors (Lipinski definition) is 0. The molecule has 9 heteroatoms. The van der Waals surface area contributed by atoms with Gasteiger partial charge in [-0.1, -0.05) is 30.3 Å². The van der Waals surface area contributed by atoms with Crippen molar-refractivity contribution < 1.29 is 14.3 Å². The molecule has 0 bridgehead atoms. The average molecular weight is 459 g/mol. The Bertz CT molecular complexity index is 1200. The minimum atomic E-state index is -0.781. The molecule has 174 valence electrons. The molecular formula is C25H26N6O3. The highest BCUT2D eigenvalue weighted by Crippen LogP contribution is 2.39. The summed E-state index contributed by atoms with van der Waals surface area (Å²) in [6, 6.07) is 17.4. The molecule has 0 aliphatic carbocycles. The fourth-order valence-corrected chi connectivity index (χ4v) is 4.51. The Kier molecular flexibility index (Phi) is 5.75. The van der Waals surface area contributed by atoms with Crippen LogP contribution < -0.4 is 19.4 Å². The number of anilines is 3. The number of piperazine rings is 1. The van der Waals surface area contributed by atoms with E-state index in [0.717, 1.165) is 30.6 Å². The maximum Gasteiger partial charge on any atom is 0.326 e. The second-order valence-electron chi connectivity index (χ2n) is 8.23. The predicted octanol–water partition coefficient (Wildman–Crippen LogP) is 2.88. The number of amides is 2. The zero-order valence-electron chi connectivity index (χ0n) is 19.2. The SMILES string of the molecule is COc1ccccc1-c1ncc2c(n1)N(C)C(C=O)N2C(=O)N1CCN(c2ccccc2)CC1. The number of urea groups is 1. The number of carbonyl (C=O) groups is 2. The number of para-hydroxylation sites is 2. The van der Waals surface area contributed by atoms with Crippen molar-refractivity contribution in [2.24, 2.45) is 0 Å². The third-order valence-electron chi connectivity index (χ3n) is 6.35. The average Bonchev–Trinajstić information content (AvgIpc) is 3.19. The molecule has 1 atom stereocenters. The van der Waals surface area contributed by atoms with Gasteiger partial charge in [-0.05, 0) is 24.3 Å². The first-order chi connectivity index (χ1) is 16.6. The lowest BCUT2D eigenvalue weighted by molar-refractivity contribution is -0.108. The fourth-order valence-electron chi connectivity index (χ4n) is 4.51. The van der Waals surface area contributed by atoms with Crippen molar-refractivity contribution in [2.75, 3.05) is 55.0 Å². The van der Waals surface area contributed by atoms with E-state index in [1.165, 1.54) is 4.90 Å². The van der Waals surface area contributed by atoms with Crippen LogP contribution in [0.5, 0.6) is 5.75 Å². The molecule has 2 aromatic carbocycles. The Labute approximate surface area is 198 Å². The maximum atomic E-state index is 13.5. The predicted molar refractivity (Wildman–Crippen MR) is 130 cm³/mol. The molecule has 1 fully saturated rings. The zero-order valence-corrected chi connectivity index (χ0v) is 19.2. The van der Waals surface area contributed by atoms with E-state index in [1.54, 1.807) is 30.2 Å². The van der Waals surface area contributed by atoms with E-state index < -0.39 is 6.17 Å². The highest BCUT2D eigenvalue weighted by molar-refractivity contribution is 6.03. The van der Waals surface area contributed by atoms with Crippen molar-refractivity contribution in [2.45, 2.75) is 6.17 Å². The number of ether oxygens (including phenoxy) is 1. The van der Waals surface area contributed by atoms with Crippen molar-refractivity contribution in [1.82, 2.24) is 14.9 Å². The summed E-state index contributed by atoms with van der Waals surface area (Å²) in [7, 11) is 3.36. The van der Waals surface area contributed by atoms with Crippen LogP contribution in [-0.4, -0.2) is 73.7 Å². The first-order valence-electron chi connectivity index (χ1n) is 11.2. The number of hydrogen-bond acceptors (Lipinski definition) is 7. The molecule has 9 nitrogen and oxygen atoms in total. The number of aldehydes is 1. The van der Waals surface area contributed by atoms with Crippen molar-refractivity contribution in [1.29, 1.82) is 0 Å². The van der Waals surface area contributed by atoms with Crippen LogP contribution in [0.3, 0.4) is 0 Å². The van der Waals surface area contributed by atoms with Crippen molar-refractivity contribution >= 4 is 29.5 Å². The molecule has 0 spiro atoms. The molecule has 1 unspecified atom stereocenters. The lowest BCUT2D eigenvalue weighted by Crippen LogP contribution is -2.56. The molecule has 1 saturated heterocycles. The van der Waals surface area contributed by atoms with Gasteiger partial charge in [0.1, 0.15) is 11.4 Å². The number of carbonyl (C=O) groups excluding carboxylic acids is 2. The van der Waals surface area contributed by atoms with Gasteiger partial charge in [-0.2, -0.15) is 0 Å². The maximum absolute atomic E-state index is 13.5. The van der Waals surface area contributed by atoms with Gasteiger partial charge in [-0.25, -0.2) is 14.8 Å². The summed E-state index contributed by atoms with van der Waals surface area (Å²) in [6.07, 6.45) is 1.60. The van der Waals surface area contributed by atoms with E-state index in [9.17, 15) is 9.59 Å². The summed E-state index contributed by atoms with van der Waals surface area (Å²) in [5.74, 6) is 1.65. The number of nitrogens with zero attached hydrogens (tertiary/aromatic N) is 6. The second kappa shape index (κ2) is 9.01. The number of fused-ring (bicyclic) bond motifs is 1. The van der Waals surface area contributed by atoms with E-state index in [0.29, 0.717) is 36.2 Å². The van der Waals surface area contributed by atoms with Crippen molar-refractivity contribution in [3.63, 3.8) is 0 Å². The molecule has 5 rings (SSSR count). The number of methoxy groups -OCH3 is 1. The van der Waals surface area contributed by atoms with Crippen LogP contribution in [0.25, 0.3) is 11.4 Å². The van der Waals surface area contributed by atoms with Gasteiger partial charge in [0.05, 0.1) is 18.9 Å². The summed E-state index contributed by atoms with van der Waals surface area (Å²) in [5.41, 5.74) is 2.41. The topological polar surface area (TPSA) is 82.1 Å². The lowest BCUT2D eigenvalue weighted by Gasteiger charge is -2.38. The quantitative estimate of drug-likeness (QED) is 0.556. The molecular weight excluding hydrogens is 432 g/mol. The summed E-state index contributed by atoms with van der Waals surface area (Å²) in [5, 5.41) is 0. The number of aromatic nitrogens is 2. The van der Waals surface area contributed by atoms with E-state index in [2.05, 4.69) is 22.0 Å². The van der Waals surface area contributed by atoms with Gasteiger partial charge in [-0.3, -0.25) is 9.69 Å². The smallest absolute Gasteiger partial charge is 0.326 e. The van der Waals surface area contributed by atoms with E-state index in [4.69, 9.17) is 9.72 Å². The molecule has 0 saturated carbocycles. The Morgan fingerprint density at radius 2 is 1.74 bits per heavy atom. The van der Waals surface area contributed by atoms with Crippen molar-refractivity contribution in [3.8, 4) is 17.1 Å². The van der Waals surface area contributed by atoms with Gasteiger partial charge in [0, 0.05) is 38.9 Å². The van der Waals surface area contributed by atoms with Crippen LogP contribution in [0.4, 0.5) is 22.0 Å². The molecule has 0 N–H and O–H groups in total. The summed E-state index contributed by atoms with van der Waals surface area (Å²) in [6.45, 7) is 2.58. The zero-order chi connectivity index (χ0) is 23.7. The van der Waals surface area contributed by atoms with Crippen molar-refractivity contribution in [3.05, 3.63) is 60.8 Å². The molecule has 34 heavy (non-hydrogen) atoms. The Morgan fingerprint density at radius 1 is 1.03 bits per heavy atom. The molecule has 0 radical (unpaired) electrons. The van der Waals surface area contributed by atoms with Crippen LogP contribution in [0, 0.1) is 0 Å². The van der Waals surface area contributed by atoms with E-state index >= 15 is 0 Å². The summed E-state index contributed by atoms with van der Waals surface area (Å²) >= 11 is 0. The lowest BCUT2D eigenvalue weighted by atomic mass is 10.2. The highest BCUT2D eigenvalue weighted by Gasteiger charge is 2.41. The third-order valence-corrected chi connectivity index (χ3v) is 6.35. The molecule has 3 aromatic rings. The first kappa shape index (κ1) is 21.7. The fraction of sp³-hybridized carbons (Fsp3) is 0.280. The monoisotopic (exact) mass is 458 g/mol. The van der Waals surface area contributed by atoms with Gasteiger partial charge < -0.3 is 19.4 Å².